The zero-order chi connectivity index (χ0) is 21.8. The quantitative estimate of drug-likeness (QED) is 0.635. The first kappa shape index (κ1) is 20.8. The maximum atomic E-state index is 13.3. The second-order valence-electron chi connectivity index (χ2n) is 8.27. The summed E-state index contributed by atoms with van der Waals surface area (Å²) in [7, 11) is 3.50. The number of likely N-dealkylation sites (tertiary alicyclic amines) is 1. The van der Waals surface area contributed by atoms with Crippen LogP contribution in [0.1, 0.15) is 29.0 Å². The Kier molecular flexibility index (Phi) is 5.84. The van der Waals surface area contributed by atoms with Crippen LogP contribution in [0.15, 0.2) is 65.4 Å². The van der Waals surface area contributed by atoms with Gasteiger partial charge in [0.25, 0.3) is 5.91 Å². The summed E-state index contributed by atoms with van der Waals surface area (Å²) < 4.78 is 5.62. The minimum Gasteiger partial charge on any atom is -0.361 e. The van der Waals surface area contributed by atoms with Crippen molar-refractivity contribution in [3.8, 4) is 11.3 Å². The lowest BCUT2D eigenvalue weighted by Crippen LogP contribution is -2.54. The van der Waals surface area contributed by atoms with E-state index in [-0.39, 0.29) is 11.8 Å². The Morgan fingerprint density at radius 1 is 1.16 bits per heavy atom. The van der Waals surface area contributed by atoms with Gasteiger partial charge in [0.1, 0.15) is 11.5 Å². The molecule has 0 unspecified atom stereocenters. The maximum Gasteiger partial charge on any atom is 0.255 e. The molecule has 1 saturated heterocycles. The van der Waals surface area contributed by atoms with E-state index >= 15 is 0 Å². The van der Waals surface area contributed by atoms with Crippen LogP contribution >= 0.6 is 0 Å². The molecule has 2 aromatic heterocycles. The number of hydrogen-bond acceptors (Lipinski definition) is 5. The second kappa shape index (κ2) is 8.71. The van der Waals surface area contributed by atoms with Gasteiger partial charge in [-0.3, -0.25) is 14.6 Å². The Morgan fingerprint density at radius 3 is 2.68 bits per heavy atom. The van der Waals surface area contributed by atoms with E-state index < -0.39 is 5.41 Å². The van der Waals surface area contributed by atoms with Crippen molar-refractivity contribution < 1.29 is 14.1 Å². The Bertz CT molecular complexity index is 1050. The summed E-state index contributed by atoms with van der Waals surface area (Å²) in [6.45, 7) is 0.945. The van der Waals surface area contributed by atoms with Crippen LogP contribution in [0.25, 0.3) is 11.3 Å². The molecule has 0 radical (unpaired) electrons. The van der Waals surface area contributed by atoms with Gasteiger partial charge in [-0.25, -0.2) is 0 Å². The van der Waals surface area contributed by atoms with Crippen molar-refractivity contribution in [2.45, 2.75) is 19.3 Å². The molecule has 7 nitrogen and oxygen atoms in total. The average molecular weight is 418 g/mol. The molecular formula is C24H26N4O3. The van der Waals surface area contributed by atoms with Crippen LogP contribution in [0.2, 0.25) is 0 Å². The average Bonchev–Trinajstić information content (AvgIpc) is 3.27. The van der Waals surface area contributed by atoms with Gasteiger partial charge < -0.3 is 14.3 Å². The molecule has 0 spiro atoms. The van der Waals surface area contributed by atoms with Crippen molar-refractivity contribution in [3.05, 3.63) is 72.2 Å². The van der Waals surface area contributed by atoms with Crippen LogP contribution < -0.4 is 0 Å². The van der Waals surface area contributed by atoms with E-state index in [9.17, 15) is 9.59 Å². The maximum absolute atomic E-state index is 13.3. The van der Waals surface area contributed by atoms with Crippen molar-refractivity contribution >= 4 is 11.8 Å². The first-order valence-electron chi connectivity index (χ1n) is 10.4. The highest BCUT2D eigenvalue weighted by atomic mass is 16.5. The number of piperidine rings is 1. The molecule has 1 aromatic carbocycles. The number of pyridine rings is 1. The Hall–Kier alpha value is -3.48. The number of carbonyl (C=O) groups excluding carboxylic acids is 2. The highest BCUT2D eigenvalue weighted by molar-refractivity contribution is 5.94. The molecule has 0 saturated carbocycles. The Balaban J connectivity index is 1.61. The number of rotatable bonds is 5. The molecule has 0 aliphatic carbocycles. The summed E-state index contributed by atoms with van der Waals surface area (Å²) >= 11 is 0. The summed E-state index contributed by atoms with van der Waals surface area (Å²) in [6, 6.07) is 15.2. The molecule has 4 rings (SSSR count). The largest absolute Gasteiger partial charge is 0.361 e. The number of amides is 2. The molecule has 160 valence electrons. The molecule has 3 aromatic rings. The Morgan fingerprint density at radius 2 is 1.97 bits per heavy atom. The molecule has 31 heavy (non-hydrogen) atoms. The second-order valence-corrected chi connectivity index (χ2v) is 8.27. The van der Waals surface area contributed by atoms with Crippen LogP contribution in [-0.4, -0.2) is 58.9 Å². The molecule has 0 N–H and O–H groups in total. The number of benzene rings is 1. The van der Waals surface area contributed by atoms with E-state index in [4.69, 9.17) is 4.52 Å². The summed E-state index contributed by atoms with van der Waals surface area (Å²) in [5.74, 6) is 0.532. The van der Waals surface area contributed by atoms with E-state index in [2.05, 4.69) is 10.1 Å². The number of aromatic nitrogens is 2. The van der Waals surface area contributed by atoms with Crippen molar-refractivity contribution in [2.75, 3.05) is 27.2 Å². The molecule has 2 amide bonds. The number of nitrogens with zero attached hydrogens (tertiary/aromatic N) is 4. The van der Waals surface area contributed by atoms with Crippen LogP contribution in [0, 0.1) is 5.41 Å². The first-order valence-corrected chi connectivity index (χ1v) is 10.4. The third-order valence-corrected chi connectivity index (χ3v) is 5.77. The van der Waals surface area contributed by atoms with Gasteiger partial charge in [-0.2, -0.15) is 0 Å². The standard InChI is InChI=1S/C24H26N4O3/c1-27(2)23(30)24(15-20-14-21(26-31-20)18-8-4-3-5-9-18)11-7-13-28(17-24)22(29)19-10-6-12-25-16-19/h3-6,8-10,12,14,16H,7,11,13,15,17H2,1-2H3/t24-/m1/s1. The van der Waals surface area contributed by atoms with Crippen LogP contribution in [-0.2, 0) is 11.2 Å². The number of carbonyl (C=O) groups is 2. The molecule has 7 heteroatoms. The van der Waals surface area contributed by atoms with E-state index in [0.717, 1.165) is 17.7 Å². The summed E-state index contributed by atoms with van der Waals surface area (Å²) in [5, 5.41) is 4.20. The highest BCUT2D eigenvalue weighted by Gasteiger charge is 2.45. The predicted octanol–water partition coefficient (Wildman–Crippen LogP) is 3.29. The van der Waals surface area contributed by atoms with Gasteiger partial charge in [0.15, 0.2) is 0 Å². The molecule has 1 aliphatic heterocycles. The van der Waals surface area contributed by atoms with Gasteiger partial charge in [-0.05, 0) is 25.0 Å². The van der Waals surface area contributed by atoms with Gasteiger partial charge in [0.05, 0.1) is 11.0 Å². The van der Waals surface area contributed by atoms with Gasteiger partial charge in [-0.15, -0.1) is 0 Å². The van der Waals surface area contributed by atoms with E-state index in [1.54, 1.807) is 48.4 Å². The van der Waals surface area contributed by atoms with Gasteiger partial charge >= 0.3 is 0 Å². The summed E-state index contributed by atoms with van der Waals surface area (Å²) in [4.78, 5) is 33.8. The van der Waals surface area contributed by atoms with Crippen LogP contribution in [0.4, 0.5) is 0 Å². The lowest BCUT2D eigenvalue weighted by atomic mass is 9.75. The zero-order valence-electron chi connectivity index (χ0n) is 17.8. The number of hydrogen-bond donors (Lipinski definition) is 0. The smallest absolute Gasteiger partial charge is 0.255 e. The fourth-order valence-electron chi connectivity index (χ4n) is 4.32. The minimum absolute atomic E-state index is 0.00570. The fraction of sp³-hybridized carbons (Fsp3) is 0.333. The SMILES string of the molecule is CN(C)C(=O)[C@@]1(Cc2cc(-c3ccccc3)no2)CCCN(C(=O)c2cccnc2)C1. The molecule has 1 atom stereocenters. The van der Waals surface area contributed by atoms with Gasteiger partial charge in [-0.1, -0.05) is 35.5 Å². The molecule has 1 aliphatic rings. The van der Waals surface area contributed by atoms with Gasteiger partial charge in [0, 0.05) is 57.6 Å². The van der Waals surface area contributed by atoms with Crippen LogP contribution in [0.3, 0.4) is 0 Å². The summed E-state index contributed by atoms with van der Waals surface area (Å²) in [5.41, 5.74) is 1.47. The lowest BCUT2D eigenvalue weighted by Gasteiger charge is -2.42. The van der Waals surface area contributed by atoms with E-state index in [1.807, 2.05) is 36.4 Å². The van der Waals surface area contributed by atoms with Crippen LogP contribution in [0.5, 0.6) is 0 Å². The Labute approximate surface area is 181 Å². The third kappa shape index (κ3) is 4.35. The normalized spacial score (nSPS) is 18.6. The van der Waals surface area contributed by atoms with Crippen molar-refractivity contribution in [1.29, 1.82) is 0 Å². The van der Waals surface area contributed by atoms with Crippen molar-refractivity contribution in [3.63, 3.8) is 0 Å². The predicted molar refractivity (Wildman–Crippen MR) is 116 cm³/mol. The van der Waals surface area contributed by atoms with E-state index in [1.165, 1.54) is 0 Å². The van der Waals surface area contributed by atoms with Gasteiger partial charge in [0.2, 0.25) is 5.91 Å². The highest BCUT2D eigenvalue weighted by Crippen LogP contribution is 2.37. The van der Waals surface area contributed by atoms with Crippen molar-refractivity contribution in [2.24, 2.45) is 5.41 Å². The fourth-order valence-corrected chi connectivity index (χ4v) is 4.32. The lowest BCUT2D eigenvalue weighted by molar-refractivity contribution is -0.142. The third-order valence-electron chi connectivity index (χ3n) is 5.77. The molecule has 1 fully saturated rings. The van der Waals surface area contributed by atoms with Crippen molar-refractivity contribution in [1.82, 2.24) is 19.9 Å². The molecule has 0 bridgehead atoms. The first-order chi connectivity index (χ1) is 15.0. The monoisotopic (exact) mass is 418 g/mol. The zero-order valence-corrected chi connectivity index (χ0v) is 17.8. The minimum atomic E-state index is -0.757. The molecular weight excluding hydrogens is 392 g/mol. The van der Waals surface area contributed by atoms with E-state index in [0.29, 0.717) is 37.3 Å². The molecule has 3 heterocycles. The topological polar surface area (TPSA) is 79.5 Å². The summed E-state index contributed by atoms with van der Waals surface area (Å²) in [6.07, 6.45) is 5.02.